The lowest BCUT2D eigenvalue weighted by molar-refractivity contribution is -0.137. The summed E-state index contributed by atoms with van der Waals surface area (Å²) in [6.45, 7) is 3.35. The second kappa shape index (κ2) is 8.91. The third-order valence-corrected chi connectivity index (χ3v) is 7.88. The summed E-state index contributed by atoms with van der Waals surface area (Å²) in [4.78, 5) is 21.7. The fraction of sp³-hybridized carbons (Fsp3) is 0.429. The number of amides is 1. The number of piperazine rings is 1. The molecule has 9 heteroatoms. The average molecular weight is 449 g/mol. The molecule has 0 bridgehead atoms. The van der Waals surface area contributed by atoms with Crippen LogP contribution in [0.15, 0.2) is 53.6 Å². The van der Waals surface area contributed by atoms with Crippen LogP contribution >= 0.6 is 11.6 Å². The average Bonchev–Trinajstić information content (AvgIpc) is 2.80. The van der Waals surface area contributed by atoms with E-state index in [9.17, 15) is 13.2 Å². The summed E-state index contributed by atoms with van der Waals surface area (Å²) in [6, 6.07) is 12.0. The summed E-state index contributed by atoms with van der Waals surface area (Å²) < 4.78 is 27.4. The number of halogens is 1. The van der Waals surface area contributed by atoms with Crippen LogP contribution in [0.1, 0.15) is 12.8 Å². The van der Waals surface area contributed by atoms with Crippen LogP contribution in [0.3, 0.4) is 0 Å². The highest BCUT2D eigenvalue weighted by atomic mass is 35.5. The van der Waals surface area contributed by atoms with E-state index in [4.69, 9.17) is 11.6 Å². The minimum absolute atomic E-state index is 0.0478. The molecular weight excluding hydrogens is 424 g/mol. The number of pyridine rings is 1. The van der Waals surface area contributed by atoms with E-state index >= 15 is 0 Å². The number of nitrogens with zero attached hydrogens (tertiary/aromatic N) is 4. The Morgan fingerprint density at radius 3 is 2.40 bits per heavy atom. The Bertz CT molecular complexity index is 977. The maximum absolute atomic E-state index is 13.1. The second-order valence-electron chi connectivity index (χ2n) is 7.66. The van der Waals surface area contributed by atoms with Gasteiger partial charge in [0.05, 0.1) is 10.8 Å². The first-order valence-corrected chi connectivity index (χ1v) is 12.0. The van der Waals surface area contributed by atoms with E-state index in [0.29, 0.717) is 37.5 Å². The molecule has 2 aromatic rings. The van der Waals surface area contributed by atoms with Gasteiger partial charge in [0.25, 0.3) is 0 Å². The van der Waals surface area contributed by atoms with Crippen molar-refractivity contribution in [2.24, 2.45) is 5.92 Å². The quantitative estimate of drug-likeness (QED) is 0.718. The molecule has 2 fully saturated rings. The summed E-state index contributed by atoms with van der Waals surface area (Å²) in [5.74, 6) is 0.663. The van der Waals surface area contributed by atoms with E-state index in [0.717, 1.165) is 18.9 Å². The molecular formula is C21H25ClN4O3S. The van der Waals surface area contributed by atoms with Crippen molar-refractivity contribution >= 4 is 33.3 Å². The van der Waals surface area contributed by atoms with E-state index in [1.807, 2.05) is 23.1 Å². The predicted molar refractivity (Wildman–Crippen MR) is 116 cm³/mol. The van der Waals surface area contributed by atoms with Crippen LogP contribution in [0.5, 0.6) is 0 Å². The Labute approximate surface area is 182 Å². The topological polar surface area (TPSA) is 73.8 Å². The lowest BCUT2D eigenvalue weighted by Crippen LogP contribution is -2.53. The maximum Gasteiger partial charge on any atom is 0.243 e. The summed E-state index contributed by atoms with van der Waals surface area (Å²) in [6.07, 6.45) is 3.16. The van der Waals surface area contributed by atoms with E-state index in [-0.39, 0.29) is 23.3 Å². The first-order valence-electron chi connectivity index (χ1n) is 10.2. The molecule has 0 N–H and O–H groups in total. The SMILES string of the molecule is O=C([C@@H]1CCCN(S(=O)(=O)c2ccc(Cl)cc2)C1)N1CCN(c2ccccn2)CC1. The number of hydrogen-bond donors (Lipinski definition) is 0. The van der Waals surface area contributed by atoms with Crippen LogP contribution < -0.4 is 4.90 Å². The highest BCUT2D eigenvalue weighted by molar-refractivity contribution is 7.89. The van der Waals surface area contributed by atoms with Gasteiger partial charge in [0, 0.05) is 50.5 Å². The van der Waals surface area contributed by atoms with Crippen molar-refractivity contribution in [1.82, 2.24) is 14.2 Å². The summed E-state index contributed by atoms with van der Waals surface area (Å²) in [7, 11) is -3.63. The van der Waals surface area contributed by atoms with Crippen molar-refractivity contribution in [3.63, 3.8) is 0 Å². The Kier molecular flexibility index (Phi) is 6.26. The van der Waals surface area contributed by atoms with Crippen molar-refractivity contribution in [2.45, 2.75) is 17.7 Å². The number of piperidine rings is 1. The molecule has 160 valence electrons. The molecule has 1 aromatic heterocycles. The molecule has 7 nitrogen and oxygen atoms in total. The molecule has 30 heavy (non-hydrogen) atoms. The molecule has 2 aliphatic heterocycles. The van der Waals surface area contributed by atoms with E-state index in [1.54, 1.807) is 18.3 Å². The first kappa shape index (κ1) is 21.1. The van der Waals surface area contributed by atoms with Crippen molar-refractivity contribution in [3.8, 4) is 0 Å². The maximum atomic E-state index is 13.1. The minimum Gasteiger partial charge on any atom is -0.353 e. The Morgan fingerprint density at radius 1 is 1.00 bits per heavy atom. The largest absolute Gasteiger partial charge is 0.353 e. The first-order chi connectivity index (χ1) is 14.4. The zero-order valence-corrected chi connectivity index (χ0v) is 18.2. The number of hydrogen-bond acceptors (Lipinski definition) is 5. The van der Waals surface area contributed by atoms with Crippen molar-refractivity contribution < 1.29 is 13.2 Å². The number of benzene rings is 1. The van der Waals surface area contributed by atoms with Crippen LogP contribution in [-0.4, -0.2) is 67.8 Å². The lowest BCUT2D eigenvalue weighted by atomic mass is 9.98. The van der Waals surface area contributed by atoms with E-state index in [2.05, 4.69) is 9.88 Å². The van der Waals surface area contributed by atoms with Gasteiger partial charge >= 0.3 is 0 Å². The monoisotopic (exact) mass is 448 g/mol. The number of sulfonamides is 1. The van der Waals surface area contributed by atoms with Gasteiger partial charge in [0.15, 0.2) is 0 Å². The molecule has 0 saturated carbocycles. The fourth-order valence-corrected chi connectivity index (χ4v) is 5.72. The zero-order chi connectivity index (χ0) is 21.1. The Morgan fingerprint density at radius 2 is 1.73 bits per heavy atom. The van der Waals surface area contributed by atoms with Gasteiger partial charge in [-0.1, -0.05) is 17.7 Å². The van der Waals surface area contributed by atoms with Gasteiger partial charge in [0.1, 0.15) is 5.82 Å². The van der Waals surface area contributed by atoms with Gasteiger partial charge in [-0.3, -0.25) is 4.79 Å². The highest BCUT2D eigenvalue weighted by Gasteiger charge is 2.35. The van der Waals surface area contributed by atoms with Crippen LogP contribution in [0.4, 0.5) is 5.82 Å². The summed E-state index contributed by atoms with van der Waals surface area (Å²) in [5.41, 5.74) is 0. The molecule has 0 radical (unpaired) electrons. The third-order valence-electron chi connectivity index (χ3n) is 5.75. The van der Waals surface area contributed by atoms with Gasteiger partial charge in [-0.05, 0) is 49.2 Å². The number of aromatic nitrogens is 1. The van der Waals surface area contributed by atoms with Gasteiger partial charge in [0.2, 0.25) is 15.9 Å². The van der Waals surface area contributed by atoms with Crippen LogP contribution in [0.25, 0.3) is 0 Å². The van der Waals surface area contributed by atoms with Crippen LogP contribution in [-0.2, 0) is 14.8 Å². The van der Waals surface area contributed by atoms with Crippen molar-refractivity contribution in [1.29, 1.82) is 0 Å². The molecule has 3 heterocycles. The molecule has 4 rings (SSSR count). The number of rotatable bonds is 4. The van der Waals surface area contributed by atoms with Crippen molar-refractivity contribution in [2.75, 3.05) is 44.2 Å². The molecule has 0 aliphatic carbocycles. The van der Waals surface area contributed by atoms with Gasteiger partial charge in [-0.15, -0.1) is 0 Å². The standard InChI is InChI=1S/C21H25ClN4O3S/c22-18-6-8-19(9-7-18)30(28,29)26-11-3-4-17(16-26)21(27)25-14-12-24(13-15-25)20-5-1-2-10-23-20/h1-2,5-10,17H,3-4,11-16H2/t17-/m1/s1. The molecule has 0 spiro atoms. The Balaban J connectivity index is 1.39. The van der Waals surface area contributed by atoms with Crippen molar-refractivity contribution in [3.05, 3.63) is 53.7 Å². The van der Waals surface area contributed by atoms with Gasteiger partial charge < -0.3 is 9.80 Å². The van der Waals surface area contributed by atoms with Crippen LogP contribution in [0.2, 0.25) is 5.02 Å². The zero-order valence-electron chi connectivity index (χ0n) is 16.7. The number of carbonyl (C=O) groups excluding carboxylic acids is 1. The molecule has 1 aromatic carbocycles. The molecule has 2 aliphatic rings. The predicted octanol–water partition coefficient (Wildman–Crippen LogP) is 2.48. The van der Waals surface area contributed by atoms with Crippen LogP contribution in [0, 0.1) is 5.92 Å². The molecule has 1 atom stereocenters. The highest BCUT2D eigenvalue weighted by Crippen LogP contribution is 2.26. The Hall–Kier alpha value is -2.16. The number of carbonyl (C=O) groups is 1. The smallest absolute Gasteiger partial charge is 0.243 e. The van der Waals surface area contributed by atoms with E-state index in [1.165, 1.54) is 16.4 Å². The summed E-state index contributed by atoms with van der Waals surface area (Å²) in [5, 5.41) is 0.491. The minimum atomic E-state index is -3.63. The summed E-state index contributed by atoms with van der Waals surface area (Å²) >= 11 is 5.88. The molecule has 1 amide bonds. The van der Waals surface area contributed by atoms with Gasteiger partial charge in [-0.2, -0.15) is 4.31 Å². The normalized spacial score (nSPS) is 20.9. The van der Waals surface area contributed by atoms with E-state index < -0.39 is 10.0 Å². The molecule has 0 unspecified atom stereocenters. The molecule has 2 saturated heterocycles. The second-order valence-corrected chi connectivity index (χ2v) is 10.0. The third kappa shape index (κ3) is 4.45. The lowest BCUT2D eigenvalue weighted by Gasteiger charge is -2.39. The van der Waals surface area contributed by atoms with Gasteiger partial charge in [-0.25, -0.2) is 13.4 Å². The number of anilines is 1. The fourth-order valence-electron chi connectivity index (χ4n) is 4.07.